The first kappa shape index (κ1) is 17.2. The van der Waals surface area contributed by atoms with Gasteiger partial charge in [-0.25, -0.2) is 8.42 Å². The number of nitrogens with zero attached hydrogens (tertiary/aromatic N) is 1. The predicted octanol–water partition coefficient (Wildman–Crippen LogP) is 3.58. The minimum atomic E-state index is -3.25. The van der Waals surface area contributed by atoms with Gasteiger partial charge in [-0.05, 0) is 59.3 Å². The van der Waals surface area contributed by atoms with Crippen molar-refractivity contribution in [3.63, 3.8) is 0 Å². The van der Waals surface area contributed by atoms with Crippen molar-refractivity contribution < 1.29 is 13.2 Å². The minimum Gasteiger partial charge on any atom is -0.334 e. The lowest BCUT2D eigenvalue weighted by molar-refractivity contribution is 0.0754. The fourth-order valence-corrected chi connectivity index (χ4v) is 4.11. The van der Waals surface area contributed by atoms with Crippen LogP contribution in [-0.2, 0) is 16.4 Å². The summed E-state index contributed by atoms with van der Waals surface area (Å²) in [5.41, 5.74) is 0.491. The van der Waals surface area contributed by atoms with E-state index in [-0.39, 0.29) is 10.8 Å². The molecule has 0 saturated heterocycles. The quantitative estimate of drug-likeness (QED) is 0.768. The van der Waals surface area contributed by atoms with Crippen LogP contribution < -0.4 is 0 Å². The van der Waals surface area contributed by atoms with E-state index in [1.807, 2.05) is 19.1 Å². The van der Waals surface area contributed by atoms with Crippen molar-refractivity contribution in [3.8, 4) is 0 Å². The number of hydrogen-bond donors (Lipinski definition) is 0. The summed E-state index contributed by atoms with van der Waals surface area (Å²) >= 11 is 5.00. The number of carbonyl (C=O) groups is 1. The molecule has 4 nitrogen and oxygen atoms in total. The van der Waals surface area contributed by atoms with Crippen LogP contribution >= 0.6 is 27.3 Å². The van der Waals surface area contributed by atoms with E-state index in [4.69, 9.17) is 0 Å². The second-order valence-electron chi connectivity index (χ2n) is 4.82. The number of amides is 1. The Morgan fingerprint density at radius 2 is 1.82 bits per heavy atom. The van der Waals surface area contributed by atoms with Gasteiger partial charge in [-0.2, -0.15) is 0 Å². The molecule has 0 bridgehead atoms. The summed E-state index contributed by atoms with van der Waals surface area (Å²) < 4.78 is 23.9. The van der Waals surface area contributed by atoms with E-state index in [0.717, 1.165) is 14.9 Å². The van der Waals surface area contributed by atoms with Gasteiger partial charge in [0, 0.05) is 23.2 Å². The van der Waals surface area contributed by atoms with Gasteiger partial charge in [0.2, 0.25) is 0 Å². The first-order chi connectivity index (χ1) is 10.3. The molecule has 1 heterocycles. The van der Waals surface area contributed by atoms with E-state index < -0.39 is 9.84 Å². The molecule has 0 N–H and O–H groups in total. The molecule has 0 aliphatic rings. The van der Waals surface area contributed by atoms with E-state index in [1.165, 1.54) is 12.1 Å². The Bertz CT molecular complexity index is 766. The third-order valence-corrected chi connectivity index (χ3v) is 5.91. The van der Waals surface area contributed by atoms with Crippen molar-refractivity contribution in [2.75, 3.05) is 12.8 Å². The zero-order valence-electron chi connectivity index (χ0n) is 12.2. The smallest absolute Gasteiger partial charge is 0.254 e. The lowest BCUT2D eigenvalue weighted by Gasteiger charge is -2.20. The van der Waals surface area contributed by atoms with Crippen LogP contribution in [0.4, 0.5) is 0 Å². The molecule has 0 atom stereocenters. The molecule has 2 rings (SSSR count). The highest BCUT2D eigenvalue weighted by Gasteiger charge is 2.16. The van der Waals surface area contributed by atoms with Crippen LogP contribution in [0.5, 0.6) is 0 Å². The number of benzene rings is 1. The molecule has 22 heavy (non-hydrogen) atoms. The lowest BCUT2D eigenvalue weighted by atomic mass is 10.2. The van der Waals surface area contributed by atoms with Crippen molar-refractivity contribution in [2.24, 2.45) is 0 Å². The van der Waals surface area contributed by atoms with Crippen LogP contribution in [0.1, 0.15) is 22.2 Å². The zero-order valence-corrected chi connectivity index (χ0v) is 15.5. The van der Waals surface area contributed by atoms with E-state index in [0.29, 0.717) is 18.7 Å². The van der Waals surface area contributed by atoms with Crippen molar-refractivity contribution in [3.05, 3.63) is 50.6 Å². The summed E-state index contributed by atoms with van der Waals surface area (Å²) in [5.74, 6) is -0.105. The topological polar surface area (TPSA) is 54.5 Å². The molecular weight excluding hydrogens is 386 g/mol. The van der Waals surface area contributed by atoms with Gasteiger partial charge in [0.1, 0.15) is 0 Å². The Kier molecular flexibility index (Phi) is 5.41. The van der Waals surface area contributed by atoms with Gasteiger partial charge >= 0.3 is 0 Å². The maximum Gasteiger partial charge on any atom is 0.254 e. The Labute approximate surface area is 142 Å². The summed E-state index contributed by atoms with van der Waals surface area (Å²) in [6, 6.07) is 10.0. The number of thiophene rings is 1. The molecule has 2 aromatic rings. The SMILES string of the molecule is CCN(Cc1ccc(Br)s1)C(=O)c1ccc(S(C)(=O)=O)cc1. The summed E-state index contributed by atoms with van der Waals surface area (Å²) in [7, 11) is -3.25. The monoisotopic (exact) mass is 401 g/mol. The molecule has 0 radical (unpaired) electrons. The summed E-state index contributed by atoms with van der Waals surface area (Å²) in [4.78, 5) is 15.6. The number of carbonyl (C=O) groups excluding carboxylic acids is 1. The molecule has 0 unspecified atom stereocenters. The fraction of sp³-hybridized carbons (Fsp3) is 0.267. The summed E-state index contributed by atoms with van der Waals surface area (Å²) in [6.45, 7) is 3.05. The van der Waals surface area contributed by atoms with Gasteiger partial charge in [-0.15, -0.1) is 11.3 Å². The Morgan fingerprint density at radius 3 is 2.27 bits per heavy atom. The average molecular weight is 402 g/mol. The second-order valence-corrected chi connectivity index (χ2v) is 9.38. The van der Waals surface area contributed by atoms with Crippen molar-refractivity contribution in [1.29, 1.82) is 0 Å². The zero-order chi connectivity index (χ0) is 16.3. The molecule has 1 amide bonds. The van der Waals surface area contributed by atoms with Gasteiger partial charge in [0.15, 0.2) is 9.84 Å². The number of rotatable bonds is 5. The van der Waals surface area contributed by atoms with Gasteiger partial charge < -0.3 is 4.90 Å². The Balaban J connectivity index is 2.17. The first-order valence-corrected chi connectivity index (χ1v) is 10.1. The summed E-state index contributed by atoms with van der Waals surface area (Å²) in [6.07, 6.45) is 1.15. The van der Waals surface area contributed by atoms with Crippen molar-refractivity contribution >= 4 is 43.0 Å². The second kappa shape index (κ2) is 6.93. The van der Waals surface area contributed by atoms with Crippen LogP contribution in [0.15, 0.2) is 45.1 Å². The highest BCUT2D eigenvalue weighted by Crippen LogP contribution is 2.24. The molecule has 0 saturated carbocycles. The van der Waals surface area contributed by atoms with Crippen LogP contribution in [0.25, 0.3) is 0 Å². The molecule has 0 aliphatic heterocycles. The normalized spacial score (nSPS) is 11.4. The first-order valence-electron chi connectivity index (χ1n) is 6.65. The maximum atomic E-state index is 12.5. The Hall–Kier alpha value is -1.18. The van der Waals surface area contributed by atoms with Crippen LogP contribution in [-0.4, -0.2) is 32.0 Å². The largest absolute Gasteiger partial charge is 0.334 e. The van der Waals surface area contributed by atoms with Crippen LogP contribution in [0, 0.1) is 0 Å². The average Bonchev–Trinajstić information content (AvgIpc) is 2.88. The molecule has 0 spiro atoms. The molecule has 7 heteroatoms. The van der Waals surface area contributed by atoms with Crippen molar-refractivity contribution in [1.82, 2.24) is 4.90 Å². The fourth-order valence-electron chi connectivity index (χ4n) is 1.98. The molecule has 0 aliphatic carbocycles. The minimum absolute atomic E-state index is 0.105. The van der Waals surface area contributed by atoms with Crippen LogP contribution in [0.2, 0.25) is 0 Å². The standard InChI is InChI=1S/C15H16BrNO3S2/c1-3-17(10-12-6-9-14(16)21-12)15(18)11-4-7-13(8-5-11)22(2,19)20/h4-9H,3,10H2,1-2H3. The maximum absolute atomic E-state index is 12.5. The molecule has 118 valence electrons. The molecule has 1 aromatic carbocycles. The van der Waals surface area contributed by atoms with Gasteiger partial charge in [0.25, 0.3) is 5.91 Å². The number of hydrogen-bond acceptors (Lipinski definition) is 4. The highest BCUT2D eigenvalue weighted by atomic mass is 79.9. The predicted molar refractivity (Wildman–Crippen MR) is 92.0 cm³/mol. The Morgan fingerprint density at radius 1 is 1.18 bits per heavy atom. The molecular formula is C15H16BrNO3S2. The molecule has 1 aromatic heterocycles. The number of halogens is 1. The van der Waals surface area contributed by atoms with Crippen molar-refractivity contribution in [2.45, 2.75) is 18.4 Å². The molecule has 0 fully saturated rings. The highest BCUT2D eigenvalue weighted by molar-refractivity contribution is 9.11. The third kappa shape index (κ3) is 4.18. The van der Waals surface area contributed by atoms with Gasteiger partial charge in [0.05, 0.1) is 15.2 Å². The van der Waals surface area contributed by atoms with Crippen LogP contribution in [0.3, 0.4) is 0 Å². The lowest BCUT2D eigenvalue weighted by Crippen LogP contribution is -2.29. The van der Waals surface area contributed by atoms with Gasteiger partial charge in [-0.1, -0.05) is 0 Å². The van der Waals surface area contributed by atoms with E-state index in [9.17, 15) is 13.2 Å². The third-order valence-electron chi connectivity index (χ3n) is 3.17. The summed E-state index contributed by atoms with van der Waals surface area (Å²) in [5, 5.41) is 0. The van der Waals surface area contributed by atoms with E-state index in [1.54, 1.807) is 28.4 Å². The van der Waals surface area contributed by atoms with E-state index in [2.05, 4.69) is 15.9 Å². The van der Waals surface area contributed by atoms with E-state index >= 15 is 0 Å². The number of sulfone groups is 1. The van der Waals surface area contributed by atoms with Gasteiger partial charge in [-0.3, -0.25) is 4.79 Å².